The van der Waals surface area contributed by atoms with E-state index in [1.54, 1.807) is 18.2 Å². The molecule has 6 nitrogen and oxygen atoms in total. The van der Waals surface area contributed by atoms with Crippen LogP contribution in [-0.4, -0.2) is 44.2 Å². The van der Waals surface area contributed by atoms with Crippen LogP contribution in [0.2, 0.25) is 0 Å². The molecule has 0 aliphatic rings. The molecule has 1 aromatic carbocycles. The van der Waals surface area contributed by atoms with Crippen molar-refractivity contribution in [3.8, 4) is 11.5 Å². The molecule has 19 heavy (non-hydrogen) atoms. The van der Waals surface area contributed by atoms with Gasteiger partial charge in [-0.2, -0.15) is 0 Å². The molecule has 0 bridgehead atoms. The lowest BCUT2D eigenvalue weighted by Gasteiger charge is -2.09. The molecule has 0 unspecified atom stereocenters. The highest BCUT2D eigenvalue weighted by Crippen LogP contribution is 2.27. The second-order valence-electron chi connectivity index (χ2n) is 3.81. The summed E-state index contributed by atoms with van der Waals surface area (Å²) in [6.45, 7) is 0.344. The Morgan fingerprint density at radius 3 is 2.47 bits per heavy atom. The summed E-state index contributed by atoms with van der Waals surface area (Å²) < 4.78 is 10.2. The first-order valence-electron chi connectivity index (χ1n) is 5.76. The van der Waals surface area contributed by atoms with Crippen LogP contribution in [0.5, 0.6) is 11.5 Å². The van der Waals surface area contributed by atoms with Gasteiger partial charge in [0.1, 0.15) is 0 Å². The number of ether oxygens (including phenoxy) is 2. The third-order valence-corrected chi connectivity index (χ3v) is 2.51. The lowest BCUT2D eigenvalue weighted by molar-refractivity contribution is -0.136. The van der Waals surface area contributed by atoms with Crippen LogP contribution < -0.4 is 14.8 Å². The number of nitrogens with one attached hydrogen (secondary N) is 1. The number of rotatable bonds is 8. The van der Waals surface area contributed by atoms with Gasteiger partial charge in [-0.25, -0.2) is 0 Å². The van der Waals surface area contributed by atoms with E-state index in [1.807, 2.05) is 0 Å². The molecule has 0 amide bonds. The van der Waals surface area contributed by atoms with Gasteiger partial charge in [-0.3, -0.25) is 9.59 Å². The van der Waals surface area contributed by atoms with Crippen molar-refractivity contribution >= 4 is 11.8 Å². The van der Waals surface area contributed by atoms with Gasteiger partial charge in [-0.1, -0.05) is 0 Å². The molecule has 0 saturated carbocycles. The predicted molar refractivity (Wildman–Crippen MR) is 69.0 cm³/mol. The van der Waals surface area contributed by atoms with Crippen LogP contribution in [0, 0.1) is 0 Å². The number of carbonyl (C=O) groups excluding carboxylic acids is 1. The van der Waals surface area contributed by atoms with E-state index in [4.69, 9.17) is 14.6 Å². The summed E-state index contributed by atoms with van der Waals surface area (Å²) in [5, 5.41) is 11.2. The second kappa shape index (κ2) is 7.38. The summed E-state index contributed by atoms with van der Waals surface area (Å²) >= 11 is 0. The van der Waals surface area contributed by atoms with E-state index in [0.29, 0.717) is 17.1 Å². The van der Waals surface area contributed by atoms with Crippen LogP contribution in [0.4, 0.5) is 0 Å². The number of carboxylic acid groups (broad SMARTS) is 1. The maximum atomic E-state index is 11.9. The number of carboxylic acids is 1. The summed E-state index contributed by atoms with van der Waals surface area (Å²) in [4.78, 5) is 22.2. The molecule has 0 heterocycles. The zero-order valence-corrected chi connectivity index (χ0v) is 10.9. The standard InChI is InChI=1S/C13H17NO5/c1-18-11-4-3-9(7-12(11)19-2)10(15)8-14-6-5-13(16)17/h3-4,7,14H,5-6,8H2,1-2H3,(H,16,17). The molecule has 6 heteroatoms. The van der Waals surface area contributed by atoms with Crippen molar-refractivity contribution in [2.45, 2.75) is 6.42 Å². The maximum Gasteiger partial charge on any atom is 0.304 e. The molecule has 1 aromatic rings. The number of Topliss-reactive ketones (excluding diaryl/α,β-unsaturated/α-hetero) is 1. The van der Waals surface area contributed by atoms with Crippen molar-refractivity contribution in [2.24, 2.45) is 0 Å². The molecule has 0 spiro atoms. The van der Waals surface area contributed by atoms with Crippen LogP contribution in [-0.2, 0) is 4.79 Å². The number of carbonyl (C=O) groups is 2. The van der Waals surface area contributed by atoms with Gasteiger partial charge in [0, 0.05) is 12.1 Å². The largest absolute Gasteiger partial charge is 0.493 e. The second-order valence-corrected chi connectivity index (χ2v) is 3.81. The van der Waals surface area contributed by atoms with Gasteiger partial charge in [-0.15, -0.1) is 0 Å². The fourth-order valence-corrected chi connectivity index (χ4v) is 1.51. The van der Waals surface area contributed by atoms with E-state index >= 15 is 0 Å². The quantitative estimate of drug-likeness (QED) is 0.539. The number of benzene rings is 1. The lowest BCUT2D eigenvalue weighted by Crippen LogP contribution is -2.25. The van der Waals surface area contributed by atoms with Gasteiger partial charge >= 0.3 is 5.97 Å². The minimum absolute atomic E-state index is 0.0147. The average molecular weight is 267 g/mol. The fraction of sp³-hybridized carbons (Fsp3) is 0.385. The molecular weight excluding hydrogens is 250 g/mol. The Morgan fingerprint density at radius 1 is 1.21 bits per heavy atom. The van der Waals surface area contributed by atoms with E-state index < -0.39 is 5.97 Å². The average Bonchev–Trinajstić information content (AvgIpc) is 2.42. The Labute approximate surface area is 111 Å². The molecule has 0 aliphatic carbocycles. The first-order valence-corrected chi connectivity index (χ1v) is 5.76. The zero-order valence-electron chi connectivity index (χ0n) is 10.9. The van der Waals surface area contributed by atoms with Crippen LogP contribution in [0.15, 0.2) is 18.2 Å². The van der Waals surface area contributed by atoms with Gasteiger partial charge in [0.05, 0.1) is 27.2 Å². The zero-order chi connectivity index (χ0) is 14.3. The molecule has 0 aromatic heterocycles. The number of hydrogen-bond acceptors (Lipinski definition) is 5. The molecule has 0 saturated heterocycles. The predicted octanol–water partition coefficient (Wildman–Crippen LogP) is 0.951. The Kier molecular flexibility index (Phi) is 5.81. The molecule has 0 aliphatic heterocycles. The molecule has 1 rings (SSSR count). The summed E-state index contributed by atoms with van der Waals surface area (Å²) in [7, 11) is 3.02. The lowest BCUT2D eigenvalue weighted by atomic mass is 10.1. The Bertz CT molecular complexity index is 458. The first-order chi connectivity index (χ1) is 9.08. The summed E-state index contributed by atoms with van der Waals surface area (Å²) in [5.74, 6) is 0.00850. The third kappa shape index (κ3) is 4.59. The molecule has 0 atom stereocenters. The van der Waals surface area contributed by atoms with Crippen molar-refractivity contribution < 1.29 is 24.2 Å². The SMILES string of the molecule is COc1ccc(C(=O)CNCCC(=O)O)cc1OC. The van der Waals surface area contributed by atoms with Crippen LogP contribution in [0.1, 0.15) is 16.8 Å². The fourth-order valence-electron chi connectivity index (χ4n) is 1.51. The van der Waals surface area contributed by atoms with Crippen molar-refractivity contribution in [1.29, 1.82) is 0 Å². The summed E-state index contributed by atoms with van der Waals surface area (Å²) in [6.07, 6.45) is -0.0147. The van der Waals surface area contributed by atoms with Gasteiger partial charge in [0.2, 0.25) is 0 Å². The Hall–Kier alpha value is -2.08. The maximum absolute atomic E-state index is 11.9. The third-order valence-electron chi connectivity index (χ3n) is 2.51. The van der Waals surface area contributed by atoms with Crippen molar-refractivity contribution in [3.63, 3.8) is 0 Å². The first kappa shape index (κ1) is 15.0. The smallest absolute Gasteiger partial charge is 0.304 e. The molecular formula is C13H17NO5. The minimum Gasteiger partial charge on any atom is -0.493 e. The van der Waals surface area contributed by atoms with Gasteiger partial charge in [0.25, 0.3) is 0 Å². The van der Waals surface area contributed by atoms with Gasteiger partial charge in [0.15, 0.2) is 17.3 Å². The normalized spacial score (nSPS) is 10.0. The molecule has 0 fully saturated rings. The number of methoxy groups -OCH3 is 2. The molecule has 104 valence electrons. The number of ketones is 1. The van der Waals surface area contributed by atoms with Crippen molar-refractivity contribution in [3.05, 3.63) is 23.8 Å². The van der Waals surface area contributed by atoms with E-state index in [0.717, 1.165) is 0 Å². The molecule has 2 N–H and O–H groups in total. The highest BCUT2D eigenvalue weighted by atomic mass is 16.5. The van der Waals surface area contributed by atoms with Crippen LogP contribution >= 0.6 is 0 Å². The summed E-state index contributed by atoms with van der Waals surface area (Å²) in [5.41, 5.74) is 0.487. The van der Waals surface area contributed by atoms with E-state index in [1.165, 1.54) is 14.2 Å². The Balaban J connectivity index is 2.59. The minimum atomic E-state index is -0.897. The molecule has 0 radical (unpaired) electrons. The number of hydrogen-bond donors (Lipinski definition) is 2. The highest BCUT2D eigenvalue weighted by molar-refractivity contribution is 5.98. The number of aliphatic carboxylic acids is 1. The Morgan fingerprint density at radius 2 is 1.89 bits per heavy atom. The monoisotopic (exact) mass is 267 g/mol. The van der Waals surface area contributed by atoms with Gasteiger partial charge in [-0.05, 0) is 18.2 Å². The van der Waals surface area contributed by atoms with E-state index in [-0.39, 0.29) is 25.3 Å². The summed E-state index contributed by atoms with van der Waals surface area (Å²) in [6, 6.07) is 4.89. The van der Waals surface area contributed by atoms with Gasteiger partial charge < -0.3 is 19.9 Å². The highest BCUT2D eigenvalue weighted by Gasteiger charge is 2.10. The van der Waals surface area contributed by atoms with Crippen LogP contribution in [0.3, 0.4) is 0 Å². The van der Waals surface area contributed by atoms with Crippen molar-refractivity contribution in [1.82, 2.24) is 5.32 Å². The van der Waals surface area contributed by atoms with E-state index in [9.17, 15) is 9.59 Å². The van der Waals surface area contributed by atoms with E-state index in [2.05, 4.69) is 5.32 Å². The van der Waals surface area contributed by atoms with Crippen LogP contribution in [0.25, 0.3) is 0 Å². The topological polar surface area (TPSA) is 84.9 Å². The van der Waals surface area contributed by atoms with Crippen molar-refractivity contribution in [2.75, 3.05) is 27.3 Å².